The van der Waals surface area contributed by atoms with Gasteiger partial charge in [0, 0.05) is 18.0 Å². The molecule has 0 saturated carbocycles. The Morgan fingerprint density at radius 3 is 2.74 bits per heavy atom. The van der Waals surface area contributed by atoms with Crippen molar-refractivity contribution in [2.75, 3.05) is 19.5 Å². The van der Waals surface area contributed by atoms with Gasteiger partial charge in [0.1, 0.15) is 0 Å². The molecule has 0 aliphatic heterocycles. The van der Waals surface area contributed by atoms with E-state index in [9.17, 15) is 0 Å². The van der Waals surface area contributed by atoms with E-state index >= 15 is 0 Å². The Kier molecular flexibility index (Phi) is 4.07. The first kappa shape index (κ1) is 13.0. The molecule has 1 aromatic carbocycles. The number of hydrogen-bond donors (Lipinski definition) is 1. The third-order valence-electron chi connectivity index (χ3n) is 2.43. The second-order valence-corrected chi connectivity index (χ2v) is 3.75. The molecule has 1 heterocycles. The van der Waals surface area contributed by atoms with E-state index in [1.165, 1.54) is 0 Å². The summed E-state index contributed by atoms with van der Waals surface area (Å²) in [5, 5.41) is 0. The smallest absolute Gasteiger partial charge is 0.262 e. The van der Waals surface area contributed by atoms with Crippen LogP contribution in [0.5, 0.6) is 23.1 Å². The van der Waals surface area contributed by atoms with E-state index in [-0.39, 0.29) is 0 Å². The predicted molar refractivity (Wildman–Crippen MR) is 72.9 cm³/mol. The fourth-order valence-corrected chi connectivity index (χ4v) is 1.59. The number of pyridine rings is 1. The van der Waals surface area contributed by atoms with Gasteiger partial charge in [0.25, 0.3) is 5.88 Å². The molecule has 0 bridgehead atoms. The minimum atomic E-state index is 0.396. The quantitative estimate of drug-likeness (QED) is 0.837. The Morgan fingerprint density at radius 1 is 1.16 bits per heavy atom. The van der Waals surface area contributed by atoms with E-state index in [0.29, 0.717) is 35.4 Å². The topological polar surface area (TPSA) is 66.6 Å². The van der Waals surface area contributed by atoms with Crippen molar-refractivity contribution in [2.45, 2.75) is 6.92 Å². The van der Waals surface area contributed by atoms with Gasteiger partial charge in [0.2, 0.25) is 0 Å². The zero-order valence-electron chi connectivity index (χ0n) is 10.9. The Bertz CT molecular complexity index is 558. The lowest BCUT2D eigenvalue weighted by Gasteiger charge is -2.12. The summed E-state index contributed by atoms with van der Waals surface area (Å²) in [5.41, 5.74) is 6.30. The lowest BCUT2D eigenvalue weighted by atomic mass is 10.3. The number of anilines is 1. The largest absolute Gasteiger partial charge is 0.493 e. The number of nitrogen functional groups attached to an aromatic ring is 1. The first-order valence-corrected chi connectivity index (χ1v) is 5.93. The highest BCUT2D eigenvalue weighted by molar-refractivity contribution is 5.53. The molecular formula is C14H16N2O3. The van der Waals surface area contributed by atoms with Gasteiger partial charge in [0.05, 0.1) is 13.7 Å². The Labute approximate surface area is 111 Å². The van der Waals surface area contributed by atoms with Gasteiger partial charge < -0.3 is 19.9 Å². The lowest BCUT2D eigenvalue weighted by molar-refractivity contribution is 0.311. The van der Waals surface area contributed by atoms with Gasteiger partial charge in [-0.15, -0.1) is 0 Å². The zero-order chi connectivity index (χ0) is 13.7. The van der Waals surface area contributed by atoms with Gasteiger partial charge in [0.15, 0.2) is 17.2 Å². The Balaban J connectivity index is 2.30. The molecule has 19 heavy (non-hydrogen) atoms. The van der Waals surface area contributed by atoms with Crippen LogP contribution in [-0.4, -0.2) is 18.7 Å². The molecule has 2 rings (SSSR count). The first-order valence-electron chi connectivity index (χ1n) is 5.93. The first-order chi connectivity index (χ1) is 9.24. The molecule has 0 radical (unpaired) electrons. The molecule has 0 spiro atoms. The molecule has 0 atom stereocenters. The van der Waals surface area contributed by atoms with Gasteiger partial charge in [-0.3, -0.25) is 0 Å². The highest BCUT2D eigenvalue weighted by Crippen LogP contribution is 2.35. The van der Waals surface area contributed by atoms with Crippen molar-refractivity contribution in [2.24, 2.45) is 0 Å². The van der Waals surface area contributed by atoms with E-state index < -0.39 is 0 Å². The average molecular weight is 260 g/mol. The van der Waals surface area contributed by atoms with Crippen molar-refractivity contribution in [1.29, 1.82) is 0 Å². The Morgan fingerprint density at radius 2 is 2.00 bits per heavy atom. The molecular weight excluding hydrogens is 244 g/mol. The number of rotatable bonds is 5. The average Bonchev–Trinajstić information content (AvgIpc) is 2.43. The minimum Gasteiger partial charge on any atom is -0.493 e. The molecule has 2 N–H and O–H groups in total. The molecule has 0 aliphatic carbocycles. The van der Waals surface area contributed by atoms with Gasteiger partial charge in [-0.25, -0.2) is 4.98 Å². The van der Waals surface area contributed by atoms with Gasteiger partial charge in [-0.1, -0.05) is 0 Å². The number of ether oxygens (including phenoxy) is 3. The van der Waals surface area contributed by atoms with Crippen LogP contribution in [0.3, 0.4) is 0 Å². The summed E-state index contributed by atoms with van der Waals surface area (Å²) >= 11 is 0. The van der Waals surface area contributed by atoms with Gasteiger partial charge >= 0.3 is 0 Å². The Hall–Kier alpha value is -2.43. The highest BCUT2D eigenvalue weighted by atomic mass is 16.5. The standard InChI is InChI=1S/C14H16N2O3/c1-3-18-12-5-4-8-16-14(12)19-11-7-6-10(15)9-13(11)17-2/h4-9H,3,15H2,1-2H3. The number of nitrogens with zero attached hydrogens (tertiary/aromatic N) is 1. The van der Waals surface area contributed by atoms with Crippen LogP contribution >= 0.6 is 0 Å². The summed E-state index contributed by atoms with van der Waals surface area (Å²) in [4.78, 5) is 4.16. The van der Waals surface area contributed by atoms with Crippen LogP contribution in [-0.2, 0) is 0 Å². The van der Waals surface area contributed by atoms with Crippen molar-refractivity contribution in [3.63, 3.8) is 0 Å². The summed E-state index contributed by atoms with van der Waals surface area (Å²) in [6, 6.07) is 8.76. The summed E-state index contributed by atoms with van der Waals surface area (Å²) in [6.07, 6.45) is 1.64. The van der Waals surface area contributed by atoms with E-state index in [1.54, 1.807) is 43.6 Å². The number of aromatic nitrogens is 1. The molecule has 0 aliphatic rings. The number of hydrogen-bond acceptors (Lipinski definition) is 5. The van der Waals surface area contributed by atoms with Crippen molar-refractivity contribution in [3.8, 4) is 23.1 Å². The molecule has 2 aromatic rings. The van der Waals surface area contributed by atoms with E-state index in [1.807, 2.05) is 6.92 Å². The molecule has 5 heteroatoms. The number of benzene rings is 1. The molecule has 100 valence electrons. The second-order valence-electron chi connectivity index (χ2n) is 3.75. The monoisotopic (exact) mass is 260 g/mol. The van der Waals surface area contributed by atoms with Crippen molar-refractivity contribution < 1.29 is 14.2 Å². The summed E-state index contributed by atoms with van der Waals surface area (Å²) in [6.45, 7) is 2.45. The SMILES string of the molecule is CCOc1cccnc1Oc1ccc(N)cc1OC. The van der Waals surface area contributed by atoms with Gasteiger partial charge in [-0.05, 0) is 31.2 Å². The van der Waals surface area contributed by atoms with E-state index in [0.717, 1.165) is 0 Å². The van der Waals surface area contributed by atoms with Crippen molar-refractivity contribution >= 4 is 5.69 Å². The van der Waals surface area contributed by atoms with Crippen molar-refractivity contribution in [1.82, 2.24) is 4.98 Å². The fraction of sp³-hybridized carbons (Fsp3) is 0.214. The second kappa shape index (κ2) is 5.95. The molecule has 0 amide bonds. The molecule has 0 unspecified atom stereocenters. The highest BCUT2D eigenvalue weighted by Gasteiger charge is 2.11. The van der Waals surface area contributed by atoms with Crippen LogP contribution in [0.4, 0.5) is 5.69 Å². The van der Waals surface area contributed by atoms with Crippen LogP contribution in [0.2, 0.25) is 0 Å². The maximum absolute atomic E-state index is 5.72. The van der Waals surface area contributed by atoms with Crippen LogP contribution in [0.1, 0.15) is 6.92 Å². The van der Waals surface area contributed by atoms with Crippen LogP contribution in [0.15, 0.2) is 36.5 Å². The lowest BCUT2D eigenvalue weighted by Crippen LogP contribution is -1.98. The van der Waals surface area contributed by atoms with Gasteiger partial charge in [-0.2, -0.15) is 0 Å². The molecule has 0 fully saturated rings. The third kappa shape index (κ3) is 3.07. The molecule has 5 nitrogen and oxygen atoms in total. The van der Waals surface area contributed by atoms with Crippen LogP contribution in [0.25, 0.3) is 0 Å². The number of nitrogens with two attached hydrogens (primary N) is 1. The summed E-state index contributed by atoms with van der Waals surface area (Å²) in [7, 11) is 1.56. The summed E-state index contributed by atoms with van der Waals surface area (Å²) in [5.74, 6) is 2.07. The molecule has 0 saturated heterocycles. The minimum absolute atomic E-state index is 0.396. The normalized spacial score (nSPS) is 10.0. The van der Waals surface area contributed by atoms with Crippen molar-refractivity contribution in [3.05, 3.63) is 36.5 Å². The predicted octanol–water partition coefficient (Wildman–Crippen LogP) is 2.86. The zero-order valence-corrected chi connectivity index (χ0v) is 10.9. The maximum Gasteiger partial charge on any atom is 0.262 e. The fourth-order valence-electron chi connectivity index (χ4n) is 1.59. The van der Waals surface area contributed by atoms with E-state index in [4.69, 9.17) is 19.9 Å². The van der Waals surface area contributed by atoms with Crippen LogP contribution in [0, 0.1) is 0 Å². The van der Waals surface area contributed by atoms with Crippen LogP contribution < -0.4 is 19.9 Å². The summed E-state index contributed by atoms with van der Waals surface area (Å²) < 4.78 is 16.4. The number of methoxy groups -OCH3 is 1. The van der Waals surface area contributed by atoms with E-state index in [2.05, 4.69) is 4.98 Å². The molecule has 1 aromatic heterocycles. The maximum atomic E-state index is 5.72. The third-order valence-corrected chi connectivity index (χ3v) is 2.43.